The number of carbonyl (C=O) groups is 2. The minimum Gasteiger partial charge on any atom is -0.394 e. The van der Waals surface area contributed by atoms with Gasteiger partial charge in [-0.1, -0.05) is 24.0 Å². The van der Waals surface area contributed by atoms with Crippen LogP contribution in [0.25, 0.3) is 0 Å². The third kappa shape index (κ3) is 4.31. The molecule has 1 aromatic carbocycles. The lowest BCUT2D eigenvalue weighted by Crippen LogP contribution is -2.73. The van der Waals surface area contributed by atoms with Crippen LogP contribution >= 0.6 is 0 Å². The van der Waals surface area contributed by atoms with Crippen molar-refractivity contribution in [2.45, 2.75) is 18.0 Å². The van der Waals surface area contributed by atoms with E-state index >= 15 is 0 Å². The van der Waals surface area contributed by atoms with E-state index in [0.29, 0.717) is 6.54 Å². The van der Waals surface area contributed by atoms with Crippen molar-refractivity contribution in [1.82, 2.24) is 19.7 Å². The van der Waals surface area contributed by atoms with Crippen LogP contribution in [0.4, 0.5) is 0 Å². The molecule has 0 unspecified atom stereocenters. The maximum absolute atomic E-state index is 12.7. The Labute approximate surface area is 182 Å². The first kappa shape index (κ1) is 21.0. The van der Waals surface area contributed by atoms with Gasteiger partial charge in [0.05, 0.1) is 31.8 Å². The van der Waals surface area contributed by atoms with Crippen LogP contribution in [-0.4, -0.2) is 89.0 Å². The standard InChI is InChI=1S/C24H26N4O3/c1-26(2)14-22(30)27-13-20-24(21(16-29)28(20)23(31)15-27)19-9-7-17(8-10-19)5-6-18-4-3-11-25-12-18/h3-4,7-12,20-21,24,29H,13-16H2,1-2H3/t20-,21+,24-/m1/s1. The summed E-state index contributed by atoms with van der Waals surface area (Å²) in [5.74, 6) is 6.06. The third-order valence-corrected chi connectivity index (χ3v) is 5.86. The molecule has 2 saturated heterocycles. The number of rotatable bonds is 4. The molecule has 0 aliphatic carbocycles. The summed E-state index contributed by atoms with van der Waals surface area (Å²) in [6, 6.07) is 11.3. The predicted molar refractivity (Wildman–Crippen MR) is 116 cm³/mol. The Hall–Kier alpha value is -3.21. The van der Waals surface area contributed by atoms with Gasteiger partial charge in [-0.3, -0.25) is 14.6 Å². The Bertz CT molecular complexity index is 1010. The molecule has 3 heterocycles. The second-order valence-corrected chi connectivity index (χ2v) is 8.27. The molecule has 4 rings (SSSR count). The minimum absolute atomic E-state index is 0.00996. The molecule has 7 heteroatoms. The van der Waals surface area contributed by atoms with E-state index in [2.05, 4.69) is 16.8 Å². The molecular weight excluding hydrogens is 392 g/mol. The van der Waals surface area contributed by atoms with Crippen LogP contribution < -0.4 is 0 Å². The molecule has 2 fully saturated rings. The number of fused-ring (bicyclic) bond motifs is 1. The number of hydrogen-bond donors (Lipinski definition) is 1. The van der Waals surface area contributed by atoms with Gasteiger partial charge in [0, 0.05) is 36.0 Å². The number of aliphatic hydroxyl groups excluding tert-OH is 1. The van der Waals surface area contributed by atoms with Crippen molar-refractivity contribution in [1.29, 1.82) is 0 Å². The molecule has 2 aliphatic rings. The SMILES string of the molecule is CN(C)CC(=O)N1CC(=O)N2[C@H](C1)[C@@H](c1ccc(C#Cc3cccnc3)cc1)[C@@H]2CO. The molecule has 3 atom stereocenters. The molecule has 160 valence electrons. The molecule has 0 saturated carbocycles. The third-order valence-electron chi connectivity index (χ3n) is 5.86. The molecule has 7 nitrogen and oxygen atoms in total. The fourth-order valence-electron chi connectivity index (χ4n) is 4.43. The van der Waals surface area contributed by atoms with Crippen LogP contribution in [0.1, 0.15) is 22.6 Å². The van der Waals surface area contributed by atoms with Gasteiger partial charge in [-0.2, -0.15) is 0 Å². The molecule has 2 amide bonds. The Morgan fingerprint density at radius 2 is 1.94 bits per heavy atom. The van der Waals surface area contributed by atoms with Crippen LogP contribution in [0.5, 0.6) is 0 Å². The number of likely N-dealkylation sites (N-methyl/N-ethyl adjacent to an activating group) is 1. The number of nitrogens with zero attached hydrogens (tertiary/aromatic N) is 4. The fourth-order valence-corrected chi connectivity index (χ4v) is 4.43. The number of hydrogen-bond acceptors (Lipinski definition) is 5. The first-order valence-corrected chi connectivity index (χ1v) is 10.3. The van der Waals surface area contributed by atoms with Gasteiger partial charge in [-0.15, -0.1) is 0 Å². The van der Waals surface area contributed by atoms with Crippen molar-refractivity contribution in [2.24, 2.45) is 0 Å². The highest BCUT2D eigenvalue weighted by molar-refractivity contribution is 5.88. The minimum atomic E-state index is -0.254. The van der Waals surface area contributed by atoms with E-state index in [1.165, 1.54) is 0 Å². The average molecular weight is 418 g/mol. The Balaban J connectivity index is 1.51. The van der Waals surface area contributed by atoms with E-state index in [0.717, 1.165) is 16.7 Å². The quantitative estimate of drug-likeness (QED) is 0.734. The van der Waals surface area contributed by atoms with Crippen molar-refractivity contribution in [3.8, 4) is 11.8 Å². The highest BCUT2D eigenvalue weighted by atomic mass is 16.3. The number of piperazine rings is 1. The monoisotopic (exact) mass is 418 g/mol. The summed E-state index contributed by atoms with van der Waals surface area (Å²) in [6.07, 6.45) is 3.43. The van der Waals surface area contributed by atoms with Crippen LogP contribution in [0.3, 0.4) is 0 Å². The molecule has 0 spiro atoms. The summed E-state index contributed by atoms with van der Waals surface area (Å²) in [5.41, 5.74) is 2.78. The largest absolute Gasteiger partial charge is 0.394 e. The predicted octanol–water partition coefficient (Wildman–Crippen LogP) is 0.541. The topological polar surface area (TPSA) is 77.0 Å². The molecule has 1 N–H and O–H groups in total. The van der Waals surface area contributed by atoms with E-state index in [9.17, 15) is 14.7 Å². The Morgan fingerprint density at radius 1 is 1.19 bits per heavy atom. The second-order valence-electron chi connectivity index (χ2n) is 8.27. The van der Waals surface area contributed by atoms with E-state index in [1.807, 2.05) is 50.5 Å². The van der Waals surface area contributed by atoms with E-state index in [-0.39, 0.29) is 49.5 Å². The average Bonchev–Trinajstić information content (AvgIpc) is 2.74. The van der Waals surface area contributed by atoms with Crippen molar-refractivity contribution >= 4 is 11.8 Å². The highest BCUT2D eigenvalue weighted by Gasteiger charge is 2.54. The highest BCUT2D eigenvalue weighted by Crippen LogP contribution is 2.42. The zero-order valence-electron chi connectivity index (χ0n) is 17.7. The summed E-state index contributed by atoms with van der Waals surface area (Å²) in [5, 5.41) is 9.92. The van der Waals surface area contributed by atoms with Crippen LogP contribution in [0, 0.1) is 11.8 Å². The lowest BCUT2D eigenvalue weighted by molar-refractivity contribution is -0.167. The second kappa shape index (κ2) is 8.88. The van der Waals surface area contributed by atoms with Gasteiger partial charge in [0.2, 0.25) is 11.8 Å². The maximum atomic E-state index is 12.7. The zero-order chi connectivity index (χ0) is 22.0. The van der Waals surface area contributed by atoms with Crippen LogP contribution in [0.2, 0.25) is 0 Å². The molecule has 0 bridgehead atoms. The smallest absolute Gasteiger partial charge is 0.242 e. The van der Waals surface area contributed by atoms with Crippen molar-refractivity contribution in [2.75, 3.05) is 40.3 Å². The Morgan fingerprint density at radius 3 is 2.58 bits per heavy atom. The van der Waals surface area contributed by atoms with Gasteiger partial charge in [0.1, 0.15) is 0 Å². The van der Waals surface area contributed by atoms with Gasteiger partial charge in [-0.05, 0) is 43.9 Å². The summed E-state index contributed by atoms with van der Waals surface area (Å²) in [6.45, 7) is 0.747. The maximum Gasteiger partial charge on any atom is 0.242 e. The lowest BCUT2D eigenvalue weighted by Gasteiger charge is -2.58. The summed E-state index contributed by atoms with van der Waals surface area (Å²) < 4.78 is 0. The number of benzene rings is 1. The summed E-state index contributed by atoms with van der Waals surface area (Å²) >= 11 is 0. The summed E-state index contributed by atoms with van der Waals surface area (Å²) in [7, 11) is 3.67. The van der Waals surface area contributed by atoms with Gasteiger partial charge in [-0.25, -0.2) is 0 Å². The van der Waals surface area contributed by atoms with Gasteiger partial charge in [0.15, 0.2) is 0 Å². The van der Waals surface area contributed by atoms with Crippen molar-refractivity contribution < 1.29 is 14.7 Å². The van der Waals surface area contributed by atoms with E-state index in [1.54, 1.807) is 27.1 Å². The van der Waals surface area contributed by atoms with Crippen LogP contribution in [0.15, 0.2) is 48.8 Å². The first-order valence-electron chi connectivity index (χ1n) is 10.3. The first-order chi connectivity index (χ1) is 15.0. The van der Waals surface area contributed by atoms with Crippen LogP contribution in [-0.2, 0) is 9.59 Å². The van der Waals surface area contributed by atoms with Crippen molar-refractivity contribution in [3.63, 3.8) is 0 Å². The normalized spacial score (nSPS) is 22.5. The molecule has 1 aromatic heterocycles. The fraction of sp³-hybridized carbons (Fsp3) is 0.375. The molecule has 31 heavy (non-hydrogen) atoms. The van der Waals surface area contributed by atoms with E-state index in [4.69, 9.17) is 0 Å². The van der Waals surface area contributed by atoms with Gasteiger partial charge < -0.3 is 19.8 Å². The molecular formula is C24H26N4O3. The number of amides is 2. The number of pyridine rings is 1. The molecule has 2 aromatic rings. The number of aromatic nitrogens is 1. The number of carbonyl (C=O) groups excluding carboxylic acids is 2. The number of aliphatic hydroxyl groups is 1. The van der Waals surface area contributed by atoms with Gasteiger partial charge in [0.25, 0.3) is 0 Å². The van der Waals surface area contributed by atoms with Crippen molar-refractivity contribution in [3.05, 3.63) is 65.5 Å². The zero-order valence-corrected chi connectivity index (χ0v) is 17.7. The van der Waals surface area contributed by atoms with E-state index < -0.39 is 0 Å². The lowest BCUT2D eigenvalue weighted by atomic mass is 9.73. The van der Waals surface area contributed by atoms with Gasteiger partial charge >= 0.3 is 0 Å². The Kier molecular flexibility index (Phi) is 6.03. The molecule has 0 radical (unpaired) electrons. The molecule has 2 aliphatic heterocycles. The summed E-state index contributed by atoms with van der Waals surface area (Å²) in [4.78, 5) is 34.4.